The zero-order valence-corrected chi connectivity index (χ0v) is 13.9. The van der Waals surface area contributed by atoms with Gasteiger partial charge in [-0.2, -0.15) is 10.4 Å². The van der Waals surface area contributed by atoms with Crippen LogP contribution in [0.2, 0.25) is 0 Å². The lowest BCUT2D eigenvalue weighted by atomic mass is 10.1. The minimum Gasteiger partial charge on any atom is -0.392 e. The molecule has 0 radical (unpaired) electrons. The standard InChI is InChI=1S/C16H25N5O/c1-5-14-10-21(7-6-20(14)9-11(2)22)16-15(8-17)12(3)13(4)18-19-16/h11,14,22H,5-7,9-10H2,1-4H3. The van der Waals surface area contributed by atoms with Crippen molar-refractivity contribution in [3.8, 4) is 6.07 Å². The summed E-state index contributed by atoms with van der Waals surface area (Å²) in [6.45, 7) is 10.9. The van der Waals surface area contributed by atoms with Crippen LogP contribution in [0.3, 0.4) is 0 Å². The molecule has 0 spiro atoms. The van der Waals surface area contributed by atoms with E-state index in [9.17, 15) is 10.4 Å². The van der Waals surface area contributed by atoms with Gasteiger partial charge in [0.1, 0.15) is 11.6 Å². The summed E-state index contributed by atoms with van der Waals surface area (Å²) in [6.07, 6.45) is 0.681. The molecule has 0 bridgehead atoms. The van der Waals surface area contributed by atoms with Crippen LogP contribution in [0.5, 0.6) is 0 Å². The number of aliphatic hydroxyl groups excluding tert-OH is 1. The lowest BCUT2D eigenvalue weighted by molar-refractivity contribution is 0.0884. The van der Waals surface area contributed by atoms with Gasteiger partial charge in [0.15, 0.2) is 5.82 Å². The Kier molecular flexibility index (Phi) is 5.33. The lowest BCUT2D eigenvalue weighted by Gasteiger charge is -2.42. The average molecular weight is 303 g/mol. The average Bonchev–Trinajstić information content (AvgIpc) is 2.49. The Morgan fingerprint density at radius 2 is 2.09 bits per heavy atom. The summed E-state index contributed by atoms with van der Waals surface area (Å²) in [7, 11) is 0. The highest BCUT2D eigenvalue weighted by Crippen LogP contribution is 2.24. The third-order valence-corrected chi connectivity index (χ3v) is 4.42. The number of aliphatic hydroxyl groups is 1. The van der Waals surface area contributed by atoms with Crippen molar-refractivity contribution in [1.82, 2.24) is 15.1 Å². The monoisotopic (exact) mass is 303 g/mol. The smallest absolute Gasteiger partial charge is 0.169 e. The Morgan fingerprint density at radius 1 is 1.36 bits per heavy atom. The zero-order chi connectivity index (χ0) is 16.3. The van der Waals surface area contributed by atoms with E-state index in [2.05, 4.69) is 33.0 Å². The van der Waals surface area contributed by atoms with Crippen molar-refractivity contribution in [2.75, 3.05) is 31.1 Å². The SMILES string of the molecule is CCC1CN(c2nnc(C)c(C)c2C#N)CCN1CC(C)O. The van der Waals surface area contributed by atoms with Gasteiger partial charge in [0.2, 0.25) is 0 Å². The molecular weight excluding hydrogens is 278 g/mol. The Balaban J connectivity index is 2.22. The van der Waals surface area contributed by atoms with Gasteiger partial charge in [-0.1, -0.05) is 6.92 Å². The molecule has 1 aliphatic heterocycles. The van der Waals surface area contributed by atoms with Crippen LogP contribution in [0, 0.1) is 25.2 Å². The first-order chi connectivity index (χ1) is 10.5. The van der Waals surface area contributed by atoms with Crippen molar-refractivity contribution >= 4 is 5.82 Å². The molecule has 1 fully saturated rings. The number of anilines is 1. The van der Waals surface area contributed by atoms with E-state index in [-0.39, 0.29) is 6.10 Å². The lowest BCUT2D eigenvalue weighted by Crippen LogP contribution is -2.55. The molecular formula is C16H25N5O. The molecule has 0 saturated carbocycles. The van der Waals surface area contributed by atoms with E-state index in [0.717, 1.165) is 37.3 Å². The molecule has 6 nitrogen and oxygen atoms in total. The highest BCUT2D eigenvalue weighted by atomic mass is 16.3. The molecule has 2 unspecified atom stereocenters. The van der Waals surface area contributed by atoms with Crippen molar-refractivity contribution in [3.63, 3.8) is 0 Å². The summed E-state index contributed by atoms with van der Waals surface area (Å²) >= 11 is 0. The van der Waals surface area contributed by atoms with Crippen molar-refractivity contribution in [2.24, 2.45) is 0 Å². The summed E-state index contributed by atoms with van der Waals surface area (Å²) in [6, 6.07) is 2.64. The van der Waals surface area contributed by atoms with Crippen LogP contribution in [0.1, 0.15) is 37.1 Å². The number of aryl methyl sites for hydroxylation is 1. The van der Waals surface area contributed by atoms with Crippen LogP contribution in [-0.4, -0.2) is 58.5 Å². The minimum atomic E-state index is -0.323. The fourth-order valence-corrected chi connectivity index (χ4v) is 3.00. The van der Waals surface area contributed by atoms with Gasteiger partial charge in [-0.3, -0.25) is 4.90 Å². The van der Waals surface area contributed by atoms with Gasteiger partial charge in [0, 0.05) is 32.2 Å². The molecule has 2 rings (SSSR count). The molecule has 120 valence electrons. The third-order valence-electron chi connectivity index (χ3n) is 4.42. The molecule has 1 N–H and O–H groups in total. The van der Waals surface area contributed by atoms with Crippen molar-refractivity contribution in [2.45, 2.75) is 46.3 Å². The number of aromatic nitrogens is 2. The minimum absolute atomic E-state index is 0.323. The number of nitriles is 1. The van der Waals surface area contributed by atoms with Gasteiger partial charge in [-0.15, -0.1) is 5.10 Å². The normalized spacial score (nSPS) is 20.7. The predicted octanol–water partition coefficient (Wildman–Crippen LogP) is 1.25. The van der Waals surface area contributed by atoms with E-state index in [4.69, 9.17) is 0 Å². The summed E-state index contributed by atoms with van der Waals surface area (Å²) in [5.41, 5.74) is 2.35. The van der Waals surface area contributed by atoms with Gasteiger partial charge in [0.05, 0.1) is 11.8 Å². The molecule has 0 aromatic carbocycles. The van der Waals surface area contributed by atoms with E-state index >= 15 is 0 Å². The number of piperazine rings is 1. The fraction of sp³-hybridized carbons (Fsp3) is 0.688. The van der Waals surface area contributed by atoms with Crippen LogP contribution in [0.15, 0.2) is 0 Å². The molecule has 1 aromatic heterocycles. The maximum atomic E-state index is 9.63. The number of nitrogens with zero attached hydrogens (tertiary/aromatic N) is 5. The highest BCUT2D eigenvalue weighted by molar-refractivity contribution is 5.57. The summed E-state index contributed by atoms with van der Waals surface area (Å²) in [5, 5.41) is 27.5. The van der Waals surface area contributed by atoms with Crippen LogP contribution >= 0.6 is 0 Å². The topological polar surface area (TPSA) is 76.3 Å². The van der Waals surface area contributed by atoms with E-state index in [1.165, 1.54) is 0 Å². The van der Waals surface area contributed by atoms with Crippen LogP contribution in [0.4, 0.5) is 5.82 Å². The molecule has 0 amide bonds. The van der Waals surface area contributed by atoms with Gasteiger partial charge >= 0.3 is 0 Å². The predicted molar refractivity (Wildman–Crippen MR) is 85.8 cm³/mol. The first-order valence-electron chi connectivity index (χ1n) is 7.88. The molecule has 6 heteroatoms. The van der Waals surface area contributed by atoms with Crippen molar-refractivity contribution in [3.05, 3.63) is 16.8 Å². The quantitative estimate of drug-likeness (QED) is 0.902. The molecule has 1 aliphatic rings. The largest absolute Gasteiger partial charge is 0.392 e. The molecule has 1 saturated heterocycles. The van der Waals surface area contributed by atoms with Crippen LogP contribution < -0.4 is 4.90 Å². The second-order valence-corrected chi connectivity index (χ2v) is 6.07. The summed E-state index contributed by atoms with van der Waals surface area (Å²) < 4.78 is 0. The number of hydrogen-bond donors (Lipinski definition) is 1. The van der Waals surface area contributed by atoms with Gasteiger partial charge in [-0.05, 0) is 32.8 Å². The third kappa shape index (κ3) is 3.37. The maximum Gasteiger partial charge on any atom is 0.169 e. The maximum absolute atomic E-state index is 9.63. The fourth-order valence-electron chi connectivity index (χ4n) is 3.00. The van der Waals surface area contributed by atoms with Crippen LogP contribution in [0.25, 0.3) is 0 Å². The van der Waals surface area contributed by atoms with Crippen molar-refractivity contribution < 1.29 is 5.11 Å². The Hall–Kier alpha value is -1.71. The Labute approximate surface area is 132 Å². The number of hydrogen-bond acceptors (Lipinski definition) is 6. The number of β-amino-alcohol motifs (C(OH)–C–C–N with tert-alkyl or cyclic N) is 1. The van der Waals surface area contributed by atoms with E-state index in [0.29, 0.717) is 24.0 Å². The van der Waals surface area contributed by atoms with Crippen LogP contribution in [-0.2, 0) is 0 Å². The molecule has 2 atom stereocenters. The first-order valence-corrected chi connectivity index (χ1v) is 7.88. The number of rotatable bonds is 4. The second kappa shape index (κ2) is 7.03. The summed E-state index contributed by atoms with van der Waals surface area (Å²) in [4.78, 5) is 4.48. The molecule has 2 heterocycles. The Bertz CT molecular complexity index is 566. The zero-order valence-electron chi connectivity index (χ0n) is 13.9. The summed E-state index contributed by atoms with van der Waals surface area (Å²) in [5.74, 6) is 0.695. The van der Waals surface area contributed by atoms with E-state index in [1.54, 1.807) is 0 Å². The van der Waals surface area contributed by atoms with E-state index < -0.39 is 0 Å². The van der Waals surface area contributed by atoms with Gasteiger partial charge < -0.3 is 10.0 Å². The van der Waals surface area contributed by atoms with E-state index in [1.807, 2.05) is 20.8 Å². The molecule has 22 heavy (non-hydrogen) atoms. The molecule has 1 aromatic rings. The first kappa shape index (κ1) is 16.7. The Morgan fingerprint density at radius 3 is 2.68 bits per heavy atom. The molecule has 0 aliphatic carbocycles. The second-order valence-electron chi connectivity index (χ2n) is 6.07. The van der Waals surface area contributed by atoms with Gasteiger partial charge in [0.25, 0.3) is 0 Å². The van der Waals surface area contributed by atoms with Crippen molar-refractivity contribution in [1.29, 1.82) is 5.26 Å². The van der Waals surface area contributed by atoms with Gasteiger partial charge in [-0.25, -0.2) is 0 Å². The highest BCUT2D eigenvalue weighted by Gasteiger charge is 2.29.